The molecule has 1 unspecified atom stereocenters. The first kappa shape index (κ1) is 22.2. The fraction of sp³-hybridized carbons (Fsp3) is 0.217. The Bertz CT molecular complexity index is 1290. The lowest BCUT2D eigenvalue weighted by atomic mass is 10.1. The molecular weight excluding hydrogens is 444 g/mol. The number of likely N-dealkylation sites (N-methyl/N-ethyl adjacent to an activating group) is 1. The number of aliphatic hydroxyl groups is 1. The number of benzene rings is 1. The minimum Gasteiger partial charge on any atom is -0.387 e. The molecule has 7 nitrogen and oxygen atoms in total. The molecule has 0 aliphatic carbocycles. The van der Waals surface area contributed by atoms with Gasteiger partial charge in [-0.1, -0.05) is 60.4 Å². The summed E-state index contributed by atoms with van der Waals surface area (Å²) in [5, 5.41) is 13.7. The number of pyridine rings is 1. The maximum Gasteiger partial charge on any atom is 0.267 e. The number of hydrogen-bond donors (Lipinski definition) is 2. The number of carbonyl (C=O) groups excluding carboxylic acids is 1. The van der Waals surface area contributed by atoms with Crippen molar-refractivity contribution in [1.82, 2.24) is 14.3 Å². The van der Waals surface area contributed by atoms with Crippen LogP contribution in [0.4, 0.5) is 5.82 Å². The molecule has 3 heterocycles. The number of hydrogen-bond acceptors (Lipinski definition) is 7. The zero-order valence-corrected chi connectivity index (χ0v) is 19.2. The number of thiocarbonyl (C=S) groups is 1. The SMILES string of the molecule is CCN1C(=O)/C(=C/c2c(NCC(O)c3ccccc3)nc3c(C)cccn3c2=O)SC1=S. The minimum atomic E-state index is -0.792. The maximum atomic E-state index is 13.4. The van der Waals surface area contributed by atoms with Gasteiger partial charge in [0.25, 0.3) is 11.5 Å². The van der Waals surface area contributed by atoms with Crippen molar-refractivity contribution in [1.29, 1.82) is 0 Å². The van der Waals surface area contributed by atoms with E-state index >= 15 is 0 Å². The third kappa shape index (κ3) is 4.19. The third-order valence-electron chi connectivity index (χ3n) is 5.20. The maximum absolute atomic E-state index is 13.4. The molecular formula is C23H22N4O3S2. The van der Waals surface area contributed by atoms with Gasteiger partial charge in [0.1, 0.15) is 15.8 Å². The van der Waals surface area contributed by atoms with Crippen LogP contribution in [-0.4, -0.2) is 42.7 Å². The van der Waals surface area contributed by atoms with Gasteiger partial charge in [-0.05, 0) is 37.1 Å². The summed E-state index contributed by atoms with van der Waals surface area (Å²) in [6, 6.07) is 12.9. The zero-order valence-electron chi connectivity index (χ0n) is 17.6. The summed E-state index contributed by atoms with van der Waals surface area (Å²) >= 11 is 6.45. The van der Waals surface area contributed by atoms with Crippen LogP contribution in [0.25, 0.3) is 11.7 Å². The summed E-state index contributed by atoms with van der Waals surface area (Å²) in [5.74, 6) is 0.0764. The number of nitrogens with one attached hydrogen (secondary N) is 1. The number of aryl methyl sites for hydroxylation is 1. The normalized spacial score (nSPS) is 16.2. The number of amides is 1. The minimum absolute atomic E-state index is 0.148. The summed E-state index contributed by atoms with van der Waals surface area (Å²) in [4.78, 5) is 32.6. The number of fused-ring (bicyclic) bond motifs is 1. The summed E-state index contributed by atoms with van der Waals surface area (Å²) in [5.41, 5.74) is 2.02. The molecule has 0 spiro atoms. The molecule has 1 aromatic carbocycles. The first-order chi connectivity index (χ1) is 15.4. The van der Waals surface area contributed by atoms with Crippen molar-refractivity contribution in [2.45, 2.75) is 20.0 Å². The lowest BCUT2D eigenvalue weighted by Crippen LogP contribution is -2.27. The molecule has 1 fully saturated rings. The molecule has 0 bridgehead atoms. The van der Waals surface area contributed by atoms with Gasteiger partial charge in [0.05, 0.1) is 16.6 Å². The number of aliphatic hydroxyl groups excluding tert-OH is 1. The topological polar surface area (TPSA) is 86.9 Å². The number of anilines is 1. The molecule has 1 atom stereocenters. The highest BCUT2D eigenvalue weighted by atomic mass is 32.2. The Balaban J connectivity index is 1.78. The quantitative estimate of drug-likeness (QED) is 0.425. The Hall–Kier alpha value is -3.01. The van der Waals surface area contributed by atoms with Gasteiger partial charge in [-0.3, -0.25) is 18.9 Å². The van der Waals surface area contributed by atoms with Crippen molar-refractivity contribution in [2.24, 2.45) is 0 Å². The Morgan fingerprint density at radius 3 is 2.66 bits per heavy atom. The van der Waals surface area contributed by atoms with E-state index in [1.54, 1.807) is 12.3 Å². The molecule has 0 saturated carbocycles. The summed E-state index contributed by atoms with van der Waals surface area (Å²) in [7, 11) is 0. The first-order valence-corrected chi connectivity index (χ1v) is 11.4. The van der Waals surface area contributed by atoms with Crippen LogP contribution in [0.15, 0.2) is 58.4 Å². The highest BCUT2D eigenvalue weighted by Crippen LogP contribution is 2.32. The largest absolute Gasteiger partial charge is 0.387 e. The van der Waals surface area contributed by atoms with E-state index in [0.717, 1.165) is 22.9 Å². The fourth-order valence-electron chi connectivity index (χ4n) is 3.47. The second kappa shape index (κ2) is 9.23. The van der Waals surface area contributed by atoms with Gasteiger partial charge in [0, 0.05) is 19.3 Å². The fourth-order valence-corrected chi connectivity index (χ4v) is 4.83. The monoisotopic (exact) mass is 466 g/mol. The van der Waals surface area contributed by atoms with Gasteiger partial charge in [-0.15, -0.1) is 0 Å². The van der Waals surface area contributed by atoms with Crippen LogP contribution in [0, 0.1) is 6.92 Å². The highest BCUT2D eigenvalue weighted by molar-refractivity contribution is 8.26. The molecule has 2 aromatic heterocycles. The van der Waals surface area contributed by atoms with Crippen molar-refractivity contribution in [3.63, 3.8) is 0 Å². The van der Waals surface area contributed by atoms with Crippen LogP contribution in [-0.2, 0) is 4.79 Å². The van der Waals surface area contributed by atoms with Gasteiger partial charge < -0.3 is 10.4 Å². The van der Waals surface area contributed by atoms with E-state index in [-0.39, 0.29) is 23.6 Å². The standard InChI is InChI=1S/C23H22N4O3S2/c1-3-26-22(30)18(32-23(26)31)12-16-19(24-13-17(28)15-9-5-4-6-10-15)25-20-14(2)8-7-11-27(20)21(16)29/h4-12,17,24,28H,3,13H2,1-2H3/b18-12-. The lowest BCUT2D eigenvalue weighted by Gasteiger charge is -2.15. The van der Waals surface area contributed by atoms with E-state index in [4.69, 9.17) is 12.2 Å². The van der Waals surface area contributed by atoms with Crippen LogP contribution >= 0.6 is 24.0 Å². The van der Waals surface area contributed by atoms with Crippen LogP contribution in [0.2, 0.25) is 0 Å². The predicted octanol–water partition coefficient (Wildman–Crippen LogP) is 3.37. The molecule has 164 valence electrons. The number of carbonyl (C=O) groups is 1. The Morgan fingerprint density at radius 1 is 1.22 bits per heavy atom. The molecule has 1 saturated heterocycles. The second-order valence-corrected chi connectivity index (χ2v) is 8.97. The Morgan fingerprint density at radius 2 is 1.97 bits per heavy atom. The Kier molecular flexibility index (Phi) is 6.40. The zero-order chi connectivity index (χ0) is 22.8. The molecule has 1 aliphatic heterocycles. The van der Waals surface area contributed by atoms with Crippen LogP contribution in [0.3, 0.4) is 0 Å². The van der Waals surface area contributed by atoms with E-state index in [2.05, 4.69) is 10.3 Å². The van der Waals surface area contributed by atoms with Crippen molar-refractivity contribution in [2.75, 3.05) is 18.4 Å². The second-order valence-electron chi connectivity index (χ2n) is 7.30. The number of nitrogens with zero attached hydrogens (tertiary/aromatic N) is 3. The summed E-state index contributed by atoms with van der Waals surface area (Å²) in [6.45, 7) is 4.33. The molecule has 9 heteroatoms. The van der Waals surface area contributed by atoms with E-state index in [0.29, 0.717) is 27.2 Å². The molecule has 1 amide bonds. The molecule has 1 aliphatic rings. The first-order valence-electron chi connectivity index (χ1n) is 10.1. The molecule has 0 radical (unpaired) electrons. The van der Waals surface area contributed by atoms with Crippen molar-refractivity contribution < 1.29 is 9.90 Å². The van der Waals surface area contributed by atoms with Crippen LogP contribution < -0.4 is 10.9 Å². The molecule has 2 N–H and O–H groups in total. The third-order valence-corrected chi connectivity index (χ3v) is 6.57. The number of aromatic nitrogens is 2. The molecule has 32 heavy (non-hydrogen) atoms. The average Bonchev–Trinajstić information content (AvgIpc) is 3.07. The van der Waals surface area contributed by atoms with Crippen LogP contribution in [0.1, 0.15) is 29.7 Å². The van der Waals surface area contributed by atoms with E-state index in [9.17, 15) is 14.7 Å². The number of rotatable bonds is 6. The van der Waals surface area contributed by atoms with Gasteiger partial charge in [-0.2, -0.15) is 0 Å². The molecule has 4 rings (SSSR count). The summed E-state index contributed by atoms with van der Waals surface area (Å²) in [6.07, 6.45) is 2.39. The smallest absolute Gasteiger partial charge is 0.267 e. The van der Waals surface area contributed by atoms with E-state index in [1.807, 2.05) is 50.2 Å². The van der Waals surface area contributed by atoms with E-state index in [1.165, 1.54) is 15.4 Å². The predicted molar refractivity (Wildman–Crippen MR) is 132 cm³/mol. The van der Waals surface area contributed by atoms with Crippen molar-refractivity contribution in [3.05, 3.63) is 80.6 Å². The van der Waals surface area contributed by atoms with Crippen LogP contribution in [0.5, 0.6) is 0 Å². The van der Waals surface area contributed by atoms with Crippen molar-refractivity contribution in [3.8, 4) is 0 Å². The van der Waals surface area contributed by atoms with Crippen molar-refractivity contribution >= 4 is 51.7 Å². The number of thioether (sulfide) groups is 1. The van der Waals surface area contributed by atoms with Gasteiger partial charge in [-0.25, -0.2) is 4.98 Å². The van der Waals surface area contributed by atoms with Gasteiger partial charge in [0.2, 0.25) is 0 Å². The highest BCUT2D eigenvalue weighted by Gasteiger charge is 2.31. The summed E-state index contributed by atoms with van der Waals surface area (Å²) < 4.78 is 1.92. The van der Waals surface area contributed by atoms with E-state index < -0.39 is 6.10 Å². The van der Waals surface area contributed by atoms with Gasteiger partial charge >= 0.3 is 0 Å². The van der Waals surface area contributed by atoms with Gasteiger partial charge in [0.15, 0.2) is 0 Å². The molecule has 3 aromatic rings. The average molecular weight is 467 g/mol. The lowest BCUT2D eigenvalue weighted by molar-refractivity contribution is -0.121. The Labute approximate surface area is 194 Å².